The zero-order valence-electron chi connectivity index (χ0n) is 15.8. The van der Waals surface area contributed by atoms with Crippen molar-refractivity contribution in [2.24, 2.45) is 0 Å². The molecule has 1 heterocycles. The monoisotopic (exact) mass is 380 g/mol. The van der Waals surface area contributed by atoms with Crippen LogP contribution in [0.4, 0.5) is 14.9 Å². The van der Waals surface area contributed by atoms with Gasteiger partial charge in [0.2, 0.25) is 0 Å². The topological polar surface area (TPSA) is 49.9 Å². The number of amides is 2. The molecule has 0 saturated carbocycles. The first-order valence-electron chi connectivity index (χ1n) is 8.87. The Labute approximate surface area is 163 Å². The van der Waals surface area contributed by atoms with Gasteiger partial charge in [-0.3, -0.25) is 4.90 Å². The first kappa shape index (κ1) is 19.4. The third-order valence-electron chi connectivity index (χ3n) is 4.90. The smallest absolute Gasteiger partial charge is 0.325 e. The molecule has 1 aliphatic heterocycles. The molecule has 2 aromatic rings. The molecule has 1 atom stereocenters. The van der Waals surface area contributed by atoms with Crippen LogP contribution in [0.25, 0.3) is 5.57 Å². The van der Waals surface area contributed by atoms with E-state index in [-0.39, 0.29) is 12.1 Å². The van der Waals surface area contributed by atoms with Gasteiger partial charge in [0, 0.05) is 30.9 Å². The summed E-state index contributed by atoms with van der Waals surface area (Å²) in [6.45, 7) is 6.73. The lowest BCUT2D eigenvalue weighted by Crippen LogP contribution is -2.33. The molecule has 0 aliphatic carbocycles. The van der Waals surface area contributed by atoms with Crippen LogP contribution >= 0.6 is 0 Å². The summed E-state index contributed by atoms with van der Waals surface area (Å²) in [6.07, 6.45) is 1.27. The molecule has 0 radical (unpaired) electrons. The molecule has 5 nitrogen and oxygen atoms in total. The van der Waals surface area contributed by atoms with Crippen LogP contribution < -0.4 is 9.64 Å². The first-order valence-corrected chi connectivity index (χ1v) is 8.87. The number of halogens is 1. The van der Waals surface area contributed by atoms with E-state index >= 15 is 0 Å². The van der Waals surface area contributed by atoms with E-state index in [0.29, 0.717) is 30.0 Å². The van der Waals surface area contributed by atoms with Crippen molar-refractivity contribution < 1.29 is 18.7 Å². The molecular weight excluding hydrogens is 359 g/mol. The maximum Gasteiger partial charge on any atom is 0.325 e. The van der Waals surface area contributed by atoms with Crippen LogP contribution in [0.1, 0.15) is 24.1 Å². The molecule has 0 spiro atoms. The summed E-state index contributed by atoms with van der Waals surface area (Å²) in [5, 5.41) is 0. The van der Waals surface area contributed by atoms with Crippen LogP contribution in [0.2, 0.25) is 0 Å². The highest BCUT2D eigenvalue weighted by Crippen LogP contribution is 2.30. The molecule has 28 heavy (non-hydrogen) atoms. The molecule has 144 valence electrons. The maximum atomic E-state index is 13.8. The lowest BCUT2D eigenvalue weighted by atomic mass is 10.1. The van der Waals surface area contributed by atoms with E-state index < -0.39 is 5.82 Å². The minimum Gasteiger partial charge on any atom is -0.497 e. The van der Waals surface area contributed by atoms with Crippen LogP contribution in [-0.4, -0.2) is 37.1 Å². The van der Waals surface area contributed by atoms with Gasteiger partial charge in [-0.25, -0.2) is 14.0 Å². The van der Waals surface area contributed by atoms with Gasteiger partial charge in [0.1, 0.15) is 17.5 Å². The van der Waals surface area contributed by atoms with Crippen LogP contribution in [0.5, 0.6) is 5.75 Å². The highest BCUT2D eigenvalue weighted by Gasteiger charge is 2.33. The van der Waals surface area contributed by atoms with Crippen molar-refractivity contribution in [1.82, 2.24) is 4.90 Å². The number of allylic oxidation sites excluding steroid dienone is 2. The largest absolute Gasteiger partial charge is 0.497 e. The quantitative estimate of drug-likeness (QED) is 0.556. The van der Waals surface area contributed by atoms with Crippen molar-refractivity contribution in [2.75, 3.05) is 25.1 Å². The molecule has 3 rings (SSSR count). The second kappa shape index (κ2) is 8.11. The summed E-state index contributed by atoms with van der Waals surface area (Å²) >= 11 is 0. The number of hydrogen-bond donors (Lipinski definition) is 0. The zero-order chi connectivity index (χ0) is 20.3. The SMILES string of the molecule is C=C(C=C=O)c1ccc(N2CCN(C(C)c3cc(F)cc(OC)c3)C2=O)cc1. The van der Waals surface area contributed by atoms with Gasteiger partial charge in [0.25, 0.3) is 0 Å². The number of ether oxygens (including phenoxy) is 1. The van der Waals surface area contributed by atoms with Crippen LogP contribution in [-0.2, 0) is 4.79 Å². The van der Waals surface area contributed by atoms with Gasteiger partial charge in [-0.05, 0) is 47.9 Å². The molecule has 6 heteroatoms. The second-order valence-corrected chi connectivity index (χ2v) is 6.56. The highest BCUT2D eigenvalue weighted by atomic mass is 19.1. The molecule has 1 saturated heterocycles. The molecule has 0 N–H and O–H groups in total. The number of nitrogens with zero attached hydrogens (tertiary/aromatic N) is 2. The number of benzene rings is 2. The van der Waals surface area contributed by atoms with E-state index in [0.717, 1.165) is 11.3 Å². The Hall–Kier alpha value is -3.37. The number of hydrogen-bond acceptors (Lipinski definition) is 3. The van der Waals surface area contributed by atoms with E-state index in [1.807, 2.05) is 31.2 Å². The molecular formula is C22H21FN2O3. The van der Waals surface area contributed by atoms with Gasteiger partial charge in [0.15, 0.2) is 0 Å². The second-order valence-electron chi connectivity index (χ2n) is 6.56. The van der Waals surface area contributed by atoms with Gasteiger partial charge in [0.05, 0.1) is 13.2 Å². The summed E-state index contributed by atoms with van der Waals surface area (Å²) in [5.41, 5.74) is 2.78. The van der Waals surface area contributed by atoms with E-state index in [1.54, 1.807) is 21.8 Å². The van der Waals surface area contributed by atoms with Crippen molar-refractivity contribution >= 4 is 23.2 Å². The Balaban J connectivity index is 1.78. The minimum absolute atomic E-state index is 0.143. The number of carbonyl (C=O) groups excluding carboxylic acids is 2. The minimum atomic E-state index is -0.398. The van der Waals surface area contributed by atoms with E-state index in [9.17, 15) is 14.0 Å². The predicted molar refractivity (Wildman–Crippen MR) is 107 cm³/mol. The van der Waals surface area contributed by atoms with Crippen molar-refractivity contribution in [3.8, 4) is 5.75 Å². The average molecular weight is 380 g/mol. The molecule has 0 aromatic heterocycles. The van der Waals surface area contributed by atoms with Crippen molar-refractivity contribution in [2.45, 2.75) is 13.0 Å². The molecule has 2 aromatic carbocycles. The molecule has 2 amide bonds. The molecule has 0 bridgehead atoms. The van der Waals surface area contributed by atoms with Crippen LogP contribution in [0, 0.1) is 5.82 Å². The van der Waals surface area contributed by atoms with Crippen LogP contribution in [0.15, 0.2) is 55.1 Å². The molecule has 1 fully saturated rings. The highest BCUT2D eigenvalue weighted by molar-refractivity contribution is 5.94. The number of methoxy groups -OCH3 is 1. The zero-order valence-corrected chi connectivity index (χ0v) is 15.8. The van der Waals surface area contributed by atoms with Gasteiger partial charge in [-0.1, -0.05) is 18.7 Å². The van der Waals surface area contributed by atoms with Gasteiger partial charge < -0.3 is 9.64 Å². The average Bonchev–Trinajstić information content (AvgIpc) is 3.08. The fourth-order valence-corrected chi connectivity index (χ4v) is 3.29. The van der Waals surface area contributed by atoms with Crippen molar-refractivity contribution in [3.05, 3.63) is 72.1 Å². The fourth-order valence-electron chi connectivity index (χ4n) is 3.29. The summed E-state index contributed by atoms with van der Waals surface area (Å²) in [4.78, 5) is 26.8. The van der Waals surface area contributed by atoms with Gasteiger partial charge >= 0.3 is 6.03 Å². The Morgan fingerprint density at radius 1 is 1.25 bits per heavy atom. The Kier molecular flexibility index (Phi) is 5.62. The van der Waals surface area contributed by atoms with E-state index in [2.05, 4.69) is 6.58 Å². The summed E-state index contributed by atoms with van der Waals surface area (Å²) < 4.78 is 19.0. The number of carbonyl (C=O) groups is 1. The predicted octanol–water partition coefficient (Wildman–Crippen LogP) is 4.24. The summed E-state index contributed by atoms with van der Waals surface area (Å²) in [7, 11) is 1.48. The van der Waals surface area contributed by atoms with E-state index in [1.165, 1.54) is 25.3 Å². The van der Waals surface area contributed by atoms with Crippen molar-refractivity contribution in [1.29, 1.82) is 0 Å². The Morgan fingerprint density at radius 3 is 2.61 bits per heavy atom. The lowest BCUT2D eigenvalue weighted by molar-refractivity contribution is 0.205. The normalized spacial score (nSPS) is 14.6. The third-order valence-corrected chi connectivity index (χ3v) is 4.90. The fraction of sp³-hybridized carbons (Fsp3) is 0.227. The standard InChI is InChI=1S/C22H21FN2O3/c1-15(8-11-26)17-4-6-20(7-5-17)25-10-9-24(22(25)27)16(2)18-12-19(23)14-21(13-18)28-3/h4-8,12-14,16H,1,9-10H2,2-3H3. The molecule has 1 aliphatic rings. The number of urea groups is 1. The Bertz CT molecular complexity index is 949. The third kappa shape index (κ3) is 3.82. The molecule has 1 unspecified atom stereocenters. The van der Waals surface area contributed by atoms with Gasteiger partial charge in [-0.2, -0.15) is 0 Å². The Morgan fingerprint density at radius 2 is 1.96 bits per heavy atom. The number of rotatable bonds is 6. The van der Waals surface area contributed by atoms with Crippen LogP contribution in [0.3, 0.4) is 0 Å². The summed E-state index contributed by atoms with van der Waals surface area (Å²) in [6, 6.07) is 11.3. The number of anilines is 1. The first-order chi connectivity index (χ1) is 13.4. The van der Waals surface area contributed by atoms with E-state index in [4.69, 9.17) is 4.74 Å². The van der Waals surface area contributed by atoms with Crippen molar-refractivity contribution in [3.63, 3.8) is 0 Å². The lowest BCUT2D eigenvalue weighted by Gasteiger charge is -2.25. The summed E-state index contributed by atoms with van der Waals surface area (Å²) in [5.74, 6) is 1.73. The maximum absolute atomic E-state index is 13.8. The van der Waals surface area contributed by atoms with Gasteiger partial charge in [-0.15, -0.1) is 0 Å².